The summed E-state index contributed by atoms with van der Waals surface area (Å²) >= 11 is 0. The Balaban J connectivity index is 2.30. The minimum Gasteiger partial charge on any atom is -0.386 e. The normalized spacial score (nSPS) is 14.9. The first kappa shape index (κ1) is 13.1. The van der Waals surface area contributed by atoms with Gasteiger partial charge in [-0.15, -0.1) is 0 Å². The van der Waals surface area contributed by atoms with Gasteiger partial charge in [0.25, 0.3) is 0 Å². The van der Waals surface area contributed by atoms with Crippen molar-refractivity contribution in [3.05, 3.63) is 30.0 Å². The highest BCUT2D eigenvalue weighted by atomic mass is 16.5. The molecule has 2 atom stereocenters. The number of methoxy groups -OCH3 is 1. The zero-order chi connectivity index (χ0) is 13.1. The lowest BCUT2D eigenvalue weighted by Crippen LogP contribution is -2.12. The fourth-order valence-corrected chi connectivity index (χ4v) is 2.19. The molecular formula is C14H20N2O2. The molecule has 2 unspecified atom stereocenters. The van der Waals surface area contributed by atoms with Crippen molar-refractivity contribution in [1.29, 1.82) is 0 Å². The number of hydrogen-bond acceptors (Lipinski definition) is 3. The standard InChI is InChI=1S/C14H20N2O2/c1-10(8-9-18-3)14(17)13-11-6-4-5-7-12(11)16(2)15-13/h4-7,10,14,17H,8-9H2,1-3H3. The predicted molar refractivity (Wildman–Crippen MR) is 71.3 cm³/mol. The molecule has 0 saturated heterocycles. The Morgan fingerprint density at radius 2 is 2.11 bits per heavy atom. The summed E-state index contributed by atoms with van der Waals surface area (Å²) in [6.07, 6.45) is 0.272. The summed E-state index contributed by atoms with van der Waals surface area (Å²) in [4.78, 5) is 0. The first-order chi connectivity index (χ1) is 8.65. The van der Waals surface area contributed by atoms with E-state index in [1.807, 2.05) is 42.9 Å². The number of aromatic nitrogens is 2. The molecule has 0 aliphatic carbocycles. The number of aryl methyl sites for hydroxylation is 1. The van der Waals surface area contributed by atoms with Gasteiger partial charge in [-0.05, 0) is 18.4 Å². The maximum Gasteiger partial charge on any atom is 0.101 e. The second kappa shape index (κ2) is 5.50. The van der Waals surface area contributed by atoms with Crippen LogP contribution in [-0.4, -0.2) is 28.6 Å². The van der Waals surface area contributed by atoms with E-state index in [9.17, 15) is 5.11 Å². The summed E-state index contributed by atoms with van der Waals surface area (Å²) in [5.41, 5.74) is 1.81. The monoisotopic (exact) mass is 248 g/mol. The molecule has 0 amide bonds. The Labute approximate surface area is 107 Å². The molecule has 4 heteroatoms. The zero-order valence-electron chi connectivity index (χ0n) is 11.1. The topological polar surface area (TPSA) is 47.3 Å². The second-order valence-corrected chi connectivity index (χ2v) is 4.73. The van der Waals surface area contributed by atoms with Gasteiger partial charge in [0.2, 0.25) is 0 Å². The van der Waals surface area contributed by atoms with Crippen molar-refractivity contribution < 1.29 is 9.84 Å². The Morgan fingerprint density at radius 3 is 2.83 bits per heavy atom. The van der Waals surface area contributed by atoms with Gasteiger partial charge < -0.3 is 9.84 Å². The first-order valence-electron chi connectivity index (χ1n) is 6.23. The number of nitrogens with zero attached hydrogens (tertiary/aromatic N) is 2. The lowest BCUT2D eigenvalue weighted by atomic mass is 9.97. The number of aliphatic hydroxyl groups excluding tert-OH is 1. The molecule has 2 rings (SSSR count). The molecule has 0 radical (unpaired) electrons. The molecule has 1 heterocycles. The molecule has 18 heavy (non-hydrogen) atoms. The number of aliphatic hydroxyl groups is 1. The summed E-state index contributed by atoms with van der Waals surface area (Å²) in [5, 5.41) is 15.9. The minimum absolute atomic E-state index is 0.128. The lowest BCUT2D eigenvalue weighted by molar-refractivity contribution is 0.0860. The molecule has 1 N–H and O–H groups in total. The van der Waals surface area contributed by atoms with Crippen LogP contribution in [0.2, 0.25) is 0 Å². The van der Waals surface area contributed by atoms with E-state index in [1.165, 1.54) is 0 Å². The summed E-state index contributed by atoms with van der Waals surface area (Å²) in [6, 6.07) is 7.97. The third-order valence-electron chi connectivity index (χ3n) is 3.38. The number of para-hydroxylation sites is 1. The highest BCUT2D eigenvalue weighted by Gasteiger charge is 2.21. The van der Waals surface area contributed by atoms with Gasteiger partial charge in [-0.1, -0.05) is 25.1 Å². The fraction of sp³-hybridized carbons (Fsp3) is 0.500. The van der Waals surface area contributed by atoms with Gasteiger partial charge in [0, 0.05) is 26.2 Å². The van der Waals surface area contributed by atoms with Crippen molar-refractivity contribution in [2.24, 2.45) is 13.0 Å². The third kappa shape index (κ3) is 2.40. The van der Waals surface area contributed by atoms with E-state index >= 15 is 0 Å². The van der Waals surface area contributed by atoms with Crippen molar-refractivity contribution in [1.82, 2.24) is 9.78 Å². The van der Waals surface area contributed by atoms with Gasteiger partial charge in [0.1, 0.15) is 6.10 Å². The van der Waals surface area contributed by atoms with Crippen LogP contribution < -0.4 is 0 Å². The summed E-state index contributed by atoms with van der Waals surface area (Å²) in [7, 11) is 3.58. The first-order valence-corrected chi connectivity index (χ1v) is 6.23. The van der Waals surface area contributed by atoms with E-state index < -0.39 is 6.10 Å². The number of benzene rings is 1. The minimum atomic E-state index is -0.550. The van der Waals surface area contributed by atoms with Gasteiger partial charge in [-0.2, -0.15) is 5.10 Å². The molecule has 1 aromatic heterocycles. The molecule has 0 spiro atoms. The number of ether oxygens (including phenoxy) is 1. The smallest absolute Gasteiger partial charge is 0.101 e. The molecule has 0 fully saturated rings. The van der Waals surface area contributed by atoms with E-state index in [1.54, 1.807) is 7.11 Å². The SMILES string of the molecule is COCCC(C)C(O)c1nn(C)c2ccccc12. The van der Waals surface area contributed by atoms with Crippen LogP contribution >= 0.6 is 0 Å². The van der Waals surface area contributed by atoms with E-state index in [4.69, 9.17) is 4.74 Å². The van der Waals surface area contributed by atoms with Gasteiger partial charge in [0.05, 0.1) is 11.2 Å². The Kier molecular flexibility index (Phi) is 3.99. The zero-order valence-corrected chi connectivity index (χ0v) is 11.1. The number of fused-ring (bicyclic) bond motifs is 1. The van der Waals surface area contributed by atoms with Crippen molar-refractivity contribution in [2.75, 3.05) is 13.7 Å². The molecule has 2 aromatic rings. The third-order valence-corrected chi connectivity index (χ3v) is 3.38. The largest absolute Gasteiger partial charge is 0.386 e. The molecular weight excluding hydrogens is 228 g/mol. The van der Waals surface area contributed by atoms with Crippen LogP contribution in [-0.2, 0) is 11.8 Å². The predicted octanol–water partition coefficient (Wildman–Crippen LogP) is 2.28. The fourth-order valence-electron chi connectivity index (χ4n) is 2.19. The van der Waals surface area contributed by atoms with Crippen molar-refractivity contribution in [3.8, 4) is 0 Å². The highest BCUT2D eigenvalue weighted by Crippen LogP contribution is 2.29. The molecule has 98 valence electrons. The number of hydrogen-bond donors (Lipinski definition) is 1. The van der Waals surface area contributed by atoms with Crippen LogP contribution in [0.3, 0.4) is 0 Å². The number of rotatable bonds is 5. The summed E-state index contributed by atoms with van der Waals surface area (Å²) < 4.78 is 6.87. The van der Waals surface area contributed by atoms with Crippen LogP contribution in [0.1, 0.15) is 25.1 Å². The van der Waals surface area contributed by atoms with Crippen LogP contribution in [0.25, 0.3) is 10.9 Å². The molecule has 0 saturated carbocycles. The van der Waals surface area contributed by atoms with Gasteiger partial charge in [-0.3, -0.25) is 4.68 Å². The van der Waals surface area contributed by atoms with Gasteiger partial charge in [-0.25, -0.2) is 0 Å². The van der Waals surface area contributed by atoms with E-state index in [-0.39, 0.29) is 5.92 Å². The average Bonchev–Trinajstić information content (AvgIpc) is 2.73. The average molecular weight is 248 g/mol. The summed E-state index contributed by atoms with van der Waals surface area (Å²) in [6.45, 7) is 2.68. The van der Waals surface area contributed by atoms with Gasteiger partial charge >= 0.3 is 0 Å². The molecule has 0 aliphatic rings. The van der Waals surface area contributed by atoms with Crippen molar-refractivity contribution >= 4 is 10.9 Å². The van der Waals surface area contributed by atoms with E-state index in [0.29, 0.717) is 6.61 Å². The van der Waals surface area contributed by atoms with Crippen LogP contribution in [0, 0.1) is 5.92 Å². The molecule has 0 bridgehead atoms. The molecule has 4 nitrogen and oxygen atoms in total. The Hall–Kier alpha value is -1.39. The van der Waals surface area contributed by atoms with Crippen LogP contribution in [0.15, 0.2) is 24.3 Å². The molecule has 0 aliphatic heterocycles. The second-order valence-electron chi connectivity index (χ2n) is 4.73. The van der Waals surface area contributed by atoms with E-state index in [0.717, 1.165) is 23.0 Å². The summed E-state index contributed by atoms with van der Waals surface area (Å²) in [5.74, 6) is 0.128. The Bertz CT molecular complexity index is 521. The van der Waals surface area contributed by atoms with Crippen LogP contribution in [0.4, 0.5) is 0 Å². The van der Waals surface area contributed by atoms with Crippen LogP contribution in [0.5, 0.6) is 0 Å². The molecule has 1 aromatic carbocycles. The van der Waals surface area contributed by atoms with E-state index in [2.05, 4.69) is 5.10 Å². The van der Waals surface area contributed by atoms with Crippen molar-refractivity contribution in [2.45, 2.75) is 19.4 Å². The maximum absolute atomic E-state index is 10.4. The van der Waals surface area contributed by atoms with Gasteiger partial charge in [0.15, 0.2) is 0 Å². The Morgan fingerprint density at radius 1 is 1.39 bits per heavy atom. The van der Waals surface area contributed by atoms with Crippen molar-refractivity contribution in [3.63, 3.8) is 0 Å². The lowest BCUT2D eigenvalue weighted by Gasteiger charge is -2.16. The quantitative estimate of drug-likeness (QED) is 0.883. The maximum atomic E-state index is 10.4. The highest BCUT2D eigenvalue weighted by molar-refractivity contribution is 5.82.